The summed E-state index contributed by atoms with van der Waals surface area (Å²) in [5.74, 6) is -2.03. The van der Waals surface area contributed by atoms with Gasteiger partial charge in [0.1, 0.15) is 12.4 Å². The first kappa shape index (κ1) is 26.5. The Bertz CT molecular complexity index is 1440. The van der Waals surface area contributed by atoms with Crippen LogP contribution < -0.4 is 10.6 Å². The lowest BCUT2D eigenvalue weighted by atomic mass is 10.1. The predicted octanol–water partition coefficient (Wildman–Crippen LogP) is 6.32. The molecule has 4 rings (SSSR count). The summed E-state index contributed by atoms with van der Waals surface area (Å²) in [6.07, 6.45) is 0.591. The summed E-state index contributed by atoms with van der Waals surface area (Å²) in [6, 6.07) is 19.9. The van der Waals surface area contributed by atoms with Crippen LogP contribution in [0.2, 0.25) is 0 Å². The van der Waals surface area contributed by atoms with Crippen molar-refractivity contribution in [2.45, 2.75) is 27.2 Å². The SMILES string of the molecule is CCCN(CC(=O)Nc1c(-c2ccccc2)c(C)nn1-c1ccc(C)cc1)C(=O)Nc1ccc(F)c(F)c1. The molecular formula is C29H29F2N5O2. The molecule has 0 aliphatic rings. The van der Waals surface area contributed by atoms with E-state index in [-0.39, 0.29) is 18.8 Å². The van der Waals surface area contributed by atoms with Crippen LogP contribution in [-0.2, 0) is 4.79 Å². The third kappa shape index (κ3) is 6.05. The van der Waals surface area contributed by atoms with Crippen molar-refractivity contribution < 1.29 is 18.4 Å². The van der Waals surface area contributed by atoms with E-state index >= 15 is 0 Å². The fourth-order valence-electron chi connectivity index (χ4n) is 4.11. The highest BCUT2D eigenvalue weighted by atomic mass is 19.2. The van der Waals surface area contributed by atoms with Gasteiger partial charge in [0.15, 0.2) is 11.6 Å². The van der Waals surface area contributed by atoms with Crippen LogP contribution in [-0.4, -0.2) is 39.7 Å². The van der Waals surface area contributed by atoms with Gasteiger partial charge in [0.2, 0.25) is 5.91 Å². The van der Waals surface area contributed by atoms with E-state index in [0.29, 0.717) is 12.2 Å². The van der Waals surface area contributed by atoms with Crippen LogP contribution in [0.3, 0.4) is 0 Å². The first-order valence-electron chi connectivity index (χ1n) is 12.3. The maximum Gasteiger partial charge on any atom is 0.322 e. The average Bonchev–Trinajstić information content (AvgIpc) is 3.22. The minimum atomic E-state index is -1.07. The van der Waals surface area contributed by atoms with Crippen molar-refractivity contribution in [3.8, 4) is 16.8 Å². The molecular weight excluding hydrogens is 488 g/mol. The van der Waals surface area contributed by atoms with Gasteiger partial charge in [-0.25, -0.2) is 18.3 Å². The normalized spacial score (nSPS) is 10.8. The monoisotopic (exact) mass is 517 g/mol. The quantitative estimate of drug-likeness (QED) is 0.287. The molecule has 0 atom stereocenters. The van der Waals surface area contributed by atoms with Gasteiger partial charge in [-0.3, -0.25) is 4.79 Å². The van der Waals surface area contributed by atoms with Crippen molar-refractivity contribution in [3.05, 3.63) is 95.7 Å². The van der Waals surface area contributed by atoms with E-state index < -0.39 is 23.6 Å². The molecule has 7 nitrogen and oxygen atoms in total. The molecule has 0 aliphatic carbocycles. The highest BCUT2D eigenvalue weighted by molar-refractivity contribution is 5.99. The van der Waals surface area contributed by atoms with E-state index in [2.05, 4.69) is 10.6 Å². The molecule has 3 aromatic carbocycles. The summed E-state index contributed by atoms with van der Waals surface area (Å²) in [6.45, 7) is 5.77. The topological polar surface area (TPSA) is 79.3 Å². The molecule has 1 heterocycles. The minimum Gasteiger partial charge on any atom is -0.315 e. The molecule has 2 N–H and O–H groups in total. The fourth-order valence-corrected chi connectivity index (χ4v) is 4.11. The van der Waals surface area contributed by atoms with Crippen molar-refractivity contribution in [1.82, 2.24) is 14.7 Å². The van der Waals surface area contributed by atoms with E-state index in [1.165, 1.54) is 11.0 Å². The zero-order valence-corrected chi connectivity index (χ0v) is 21.5. The van der Waals surface area contributed by atoms with E-state index in [9.17, 15) is 18.4 Å². The molecule has 0 unspecified atom stereocenters. The van der Waals surface area contributed by atoms with Crippen LogP contribution in [0.4, 0.5) is 25.1 Å². The van der Waals surface area contributed by atoms with Crippen LogP contribution >= 0.6 is 0 Å². The average molecular weight is 518 g/mol. The van der Waals surface area contributed by atoms with Gasteiger partial charge in [-0.15, -0.1) is 0 Å². The number of aromatic nitrogens is 2. The van der Waals surface area contributed by atoms with E-state index in [4.69, 9.17) is 5.10 Å². The number of aryl methyl sites for hydroxylation is 2. The lowest BCUT2D eigenvalue weighted by molar-refractivity contribution is -0.116. The van der Waals surface area contributed by atoms with Gasteiger partial charge in [0, 0.05) is 23.9 Å². The van der Waals surface area contributed by atoms with E-state index in [0.717, 1.165) is 40.2 Å². The Morgan fingerprint density at radius 2 is 1.63 bits per heavy atom. The first-order valence-corrected chi connectivity index (χ1v) is 12.3. The number of carbonyl (C=O) groups excluding carboxylic acids is 2. The Morgan fingerprint density at radius 3 is 2.29 bits per heavy atom. The predicted molar refractivity (Wildman–Crippen MR) is 144 cm³/mol. The molecule has 0 aliphatic heterocycles. The summed E-state index contributed by atoms with van der Waals surface area (Å²) < 4.78 is 28.5. The summed E-state index contributed by atoms with van der Waals surface area (Å²) in [5, 5.41) is 10.2. The number of rotatable bonds is 8. The summed E-state index contributed by atoms with van der Waals surface area (Å²) in [7, 11) is 0. The molecule has 0 bridgehead atoms. The Morgan fingerprint density at radius 1 is 0.921 bits per heavy atom. The Hall–Kier alpha value is -4.53. The fraction of sp³-hybridized carbons (Fsp3) is 0.207. The maximum absolute atomic E-state index is 13.6. The highest BCUT2D eigenvalue weighted by Crippen LogP contribution is 2.33. The molecule has 1 aromatic heterocycles. The summed E-state index contributed by atoms with van der Waals surface area (Å²) >= 11 is 0. The second kappa shape index (κ2) is 11.7. The van der Waals surface area contributed by atoms with Gasteiger partial charge < -0.3 is 15.5 Å². The number of amides is 3. The van der Waals surface area contributed by atoms with Gasteiger partial charge in [0.05, 0.1) is 11.4 Å². The first-order chi connectivity index (χ1) is 18.3. The molecule has 38 heavy (non-hydrogen) atoms. The number of hydrogen-bond acceptors (Lipinski definition) is 3. The van der Waals surface area contributed by atoms with Crippen molar-refractivity contribution in [3.63, 3.8) is 0 Å². The lowest BCUT2D eigenvalue weighted by Gasteiger charge is -2.22. The molecule has 9 heteroatoms. The Kier molecular flexibility index (Phi) is 8.15. The lowest BCUT2D eigenvalue weighted by Crippen LogP contribution is -2.41. The van der Waals surface area contributed by atoms with Crippen LogP contribution in [0.1, 0.15) is 24.6 Å². The molecule has 0 saturated carbocycles. The molecule has 0 spiro atoms. The number of benzene rings is 3. The standard InChI is InChI=1S/C29H29F2N5O2/c1-4-16-35(29(38)32-22-12-15-24(30)25(31)17-22)18-26(37)33-28-27(21-8-6-5-7-9-21)20(3)34-36(28)23-13-10-19(2)11-14-23/h5-15,17H,4,16,18H2,1-3H3,(H,32,38)(H,33,37). The van der Waals surface area contributed by atoms with Gasteiger partial charge >= 0.3 is 6.03 Å². The smallest absolute Gasteiger partial charge is 0.315 e. The van der Waals surface area contributed by atoms with Gasteiger partial charge in [0.25, 0.3) is 0 Å². The van der Waals surface area contributed by atoms with Gasteiger partial charge in [-0.2, -0.15) is 5.10 Å². The zero-order chi connectivity index (χ0) is 27.2. The van der Waals surface area contributed by atoms with Gasteiger partial charge in [-0.1, -0.05) is 55.0 Å². The van der Waals surface area contributed by atoms with E-state index in [1.54, 1.807) is 4.68 Å². The van der Waals surface area contributed by atoms with Crippen molar-refractivity contribution in [2.75, 3.05) is 23.7 Å². The molecule has 196 valence electrons. The second-order valence-electron chi connectivity index (χ2n) is 8.95. The number of urea groups is 1. The summed E-state index contributed by atoms with van der Waals surface area (Å²) in [5.41, 5.74) is 4.35. The third-order valence-electron chi connectivity index (χ3n) is 5.95. The number of hydrogen-bond donors (Lipinski definition) is 2. The molecule has 0 saturated heterocycles. The number of anilines is 2. The second-order valence-corrected chi connectivity index (χ2v) is 8.95. The van der Waals surface area contributed by atoms with Crippen LogP contribution in [0.15, 0.2) is 72.8 Å². The number of nitrogens with zero attached hydrogens (tertiary/aromatic N) is 3. The third-order valence-corrected chi connectivity index (χ3v) is 5.95. The molecule has 0 fully saturated rings. The maximum atomic E-state index is 13.6. The van der Waals surface area contributed by atoms with E-state index in [1.807, 2.05) is 75.4 Å². The number of nitrogens with one attached hydrogen (secondary N) is 2. The summed E-state index contributed by atoms with van der Waals surface area (Å²) in [4.78, 5) is 27.5. The largest absolute Gasteiger partial charge is 0.322 e. The zero-order valence-electron chi connectivity index (χ0n) is 21.5. The molecule has 0 radical (unpaired) electrons. The molecule has 4 aromatic rings. The minimum absolute atomic E-state index is 0.0925. The molecule has 3 amide bonds. The number of carbonyl (C=O) groups is 2. The van der Waals surface area contributed by atoms with Crippen LogP contribution in [0, 0.1) is 25.5 Å². The van der Waals surface area contributed by atoms with Crippen LogP contribution in [0.5, 0.6) is 0 Å². The van der Waals surface area contributed by atoms with Crippen LogP contribution in [0.25, 0.3) is 16.8 Å². The highest BCUT2D eigenvalue weighted by Gasteiger charge is 2.23. The Balaban J connectivity index is 1.61. The van der Waals surface area contributed by atoms with Crippen molar-refractivity contribution in [1.29, 1.82) is 0 Å². The van der Waals surface area contributed by atoms with Gasteiger partial charge in [-0.05, 0) is 50.1 Å². The number of halogens is 2. The Labute approximate surface area is 220 Å². The van der Waals surface area contributed by atoms with Crippen molar-refractivity contribution >= 4 is 23.4 Å². The van der Waals surface area contributed by atoms with Crippen molar-refractivity contribution in [2.24, 2.45) is 0 Å².